The van der Waals surface area contributed by atoms with Crippen molar-refractivity contribution in [3.63, 3.8) is 0 Å². The summed E-state index contributed by atoms with van der Waals surface area (Å²) >= 11 is 0. The summed E-state index contributed by atoms with van der Waals surface area (Å²) in [6.45, 7) is 21.6. The fourth-order valence-corrected chi connectivity index (χ4v) is 3.84. The van der Waals surface area contributed by atoms with Gasteiger partial charge < -0.3 is 91.7 Å². The summed E-state index contributed by atoms with van der Waals surface area (Å²) < 4.78 is 77.6. The predicted octanol–water partition coefficient (Wildman–Crippen LogP) is 0.615. The van der Waals surface area contributed by atoms with Gasteiger partial charge in [-0.2, -0.15) is 0 Å². The second kappa shape index (κ2) is 60.6. The van der Waals surface area contributed by atoms with Gasteiger partial charge in [0.1, 0.15) is 52.4 Å². The number of hydrogen-bond donors (Lipinski definition) is 3. The first-order chi connectivity index (χ1) is 35.5. The summed E-state index contributed by atoms with van der Waals surface area (Å²) in [7, 11) is 2.83. The van der Waals surface area contributed by atoms with E-state index < -0.39 is 6.09 Å². The average molecular weight is 1100 g/mol. The lowest BCUT2D eigenvalue weighted by Gasteiger charge is -2.16. The third-order valence-corrected chi connectivity index (χ3v) is 6.91. The maximum absolute atomic E-state index is 10.6. The van der Waals surface area contributed by atoms with Crippen molar-refractivity contribution in [3.8, 4) is 0 Å². The summed E-state index contributed by atoms with van der Waals surface area (Å²) in [4.78, 5) is 104. The Hall–Kier alpha value is -5.98. The van der Waals surface area contributed by atoms with Crippen LogP contribution in [0.15, 0.2) is 0 Å². The molecule has 0 aliphatic heterocycles. The molecule has 29 nitrogen and oxygen atoms in total. The Kier molecular flexibility index (Phi) is 62.9. The van der Waals surface area contributed by atoms with Gasteiger partial charge >= 0.3 is 59.9 Å². The zero-order valence-electron chi connectivity index (χ0n) is 45.8. The Bertz CT molecular complexity index is 1410. The monoisotopic (exact) mass is 1100 g/mol. The van der Waals surface area contributed by atoms with Crippen LogP contribution in [0.5, 0.6) is 0 Å². The molecule has 0 rings (SSSR count). The quantitative estimate of drug-likeness (QED) is 0.0440. The van der Waals surface area contributed by atoms with Crippen LogP contribution in [-0.2, 0) is 114 Å². The number of esters is 8. The molecule has 0 bridgehead atoms. The first-order valence-corrected chi connectivity index (χ1v) is 23.5. The Morgan fingerprint density at radius 3 is 0.893 bits per heavy atom. The molecule has 2 unspecified atom stereocenters. The smallest absolute Gasteiger partial charge is 0.406 e. The number of hydrogen-bond acceptors (Lipinski definition) is 26. The number of carbonyl (C=O) groups excluding carboxylic acids is 10. The van der Waals surface area contributed by atoms with Crippen molar-refractivity contribution in [1.29, 1.82) is 0 Å². The Labute approximate surface area is 439 Å². The van der Waals surface area contributed by atoms with Crippen molar-refractivity contribution in [1.82, 2.24) is 16.0 Å². The van der Waals surface area contributed by atoms with E-state index in [1.165, 1.54) is 69.5 Å². The molecular formula is C46H85N3O26. The minimum Gasteiger partial charge on any atom is -0.463 e. The first kappa shape index (κ1) is 77.9. The van der Waals surface area contributed by atoms with Gasteiger partial charge in [0.05, 0.1) is 99.1 Å². The number of methoxy groups -OCH3 is 1. The topological polar surface area (TPSA) is 354 Å². The highest BCUT2D eigenvalue weighted by molar-refractivity contribution is 5.73. The standard InChI is InChI=1S/C12H22O7.C10H18O5.C8H16N2O4.C8H15NO5.C8H14O5/c1-11(13)18-9-7-16-5-3-15-4-6-17-8-10-19-12(2)14;1-7(5-14-9(3)11)13-6-8(2)15-10(4)12;1-7(11)14-6-5-13-4-3-10-8(12)9-2;1-7(10)14-6-5-13-4-3-9-8(11)12-2;1-7(9)12-5-3-11-4-6-13-8(2)10/h3-10H2,1-2H3;7-8H,5-6H2,1-4H3;3-6H2,1-2H3,(H2,9,10,12);3-6H2,1-2H3,(H,9,11);3-6H2,1-2H3. The summed E-state index contributed by atoms with van der Waals surface area (Å²) in [5.74, 6) is -2.61. The summed E-state index contributed by atoms with van der Waals surface area (Å²) in [6.07, 6.45) is -0.984. The van der Waals surface area contributed by atoms with Gasteiger partial charge in [-0.15, -0.1) is 0 Å². The SMILES string of the molecule is CC(=O)OCC(C)OCC(C)OC(C)=O.CC(=O)OCCOCCOC(C)=O.CC(=O)OCCOCCOCCOCCOC(C)=O.CNC(=O)NCCOCCOC(C)=O.COC(=O)NCCOCCOC(C)=O. The highest BCUT2D eigenvalue weighted by Gasteiger charge is 2.10. The van der Waals surface area contributed by atoms with E-state index in [9.17, 15) is 47.9 Å². The van der Waals surface area contributed by atoms with E-state index in [0.717, 1.165) is 0 Å². The number of nitrogens with one attached hydrogen (secondary N) is 3. The Morgan fingerprint density at radius 2 is 0.627 bits per heavy atom. The third-order valence-electron chi connectivity index (χ3n) is 6.91. The van der Waals surface area contributed by atoms with Crippen molar-refractivity contribution >= 4 is 59.9 Å². The minimum absolute atomic E-state index is 0.202. The van der Waals surface area contributed by atoms with Crippen molar-refractivity contribution in [2.45, 2.75) is 81.4 Å². The highest BCUT2D eigenvalue weighted by Crippen LogP contribution is 1.98. The molecule has 3 amide bonds. The van der Waals surface area contributed by atoms with Crippen molar-refractivity contribution < 1.29 is 124 Å². The van der Waals surface area contributed by atoms with Gasteiger partial charge in [0.15, 0.2) is 0 Å². The number of amides is 3. The zero-order valence-corrected chi connectivity index (χ0v) is 45.8. The molecule has 0 aromatic heterocycles. The van der Waals surface area contributed by atoms with E-state index in [2.05, 4.69) is 49.1 Å². The molecular weight excluding hydrogens is 1010 g/mol. The Balaban J connectivity index is -0.000000274. The minimum atomic E-state index is -0.492. The van der Waals surface area contributed by atoms with E-state index in [1.54, 1.807) is 13.8 Å². The molecule has 0 saturated carbocycles. The van der Waals surface area contributed by atoms with Crippen LogP contribution >= 0.6 is 0 Å². The molecule has 3 N–H and O–H groups in total. The van der Waals surface area contributed by atoms with Crippen LogP contribution in [0.25, 0.3) is 0 Å². The second-order valence-electron chi connectivity index (χ2n) is 14.0. The molecule has 75 heavy (non-hydrogen) atoms. The molecule has 0 aromatic carbocycles. The number of ether oxygens (including phenoxy) is 16. The van der Waals surface area contributed by atoms with Crippen LogP contribution in [0.4, 0.5) is 9.59 Å². The maximum atomic E-state index is 10.6. The van der Waals surface area contributed by atoms with Gasteiger partial charge in [-0.25, -0.2) is 9.59 Å². The largest absolute Gasteiger partial charge is 0.463 e. The molecule has 29 heteroatoms. The summed E-state index contributed by atoms with van der Waals surface area (Å²) in [5.41, 5.74) is 0. The van der Waals surface area contributed by atoms with Crippen LogP contribution in [-0.4, -0.2) is 231 Å². The molecule has 0 spiro atoms. The molecule has 440 valence electrons. The molecule has 0 aliphatic carbocycles. The van der Waals surface area contributed by atoms with Crippen molar-refractivity contribution in [2.24, 2.45) is 0 Å². The van der Waals surface area contributed by atoms with Gasteiger partial charge in [-0.05, 0) is 13.8 Å². The molecule has 0 heterocycles. The molecule has 0 fully saturated rings. The van der Waals surface area contributed by atoms with E-state index in [-0.39, 0.29) is 112 Å². The van der Waals surface area contributed by atoms with Gasteiger partial charge in [0.2, 0.25) is 0 Å². The number of urea groups is 1. The lowest BCUT2D eigenvalue weighted by Crippen LogP contribution is -2.35. The molecule has 0 radical (unpaired) electrons. The van der Waals surface area contributed by atoms with Crippen molar-refractivity contribution in [3.05, 3.63) is 0 Å². The van der Waals surface area contributed by atoms with E-state index in [1.807, 2.05) is 0 Å². The van der Waals surface area contributed by atoms with E-state index in [4.69, 9.17) is 42.6 Å². The Morgan fingerprint density at radius 1 is 0.347 bits per heavy atom. The van der Waals surface area contributed by atoms with Crippen LogP contribution in [0.2, 0.25) is 0 Å². The van der Waals surface area contributed by atoms with Crippen LogP contribution < -0.4 is 16.0 Å². The number of carbonyl (C=O) groups is 10. The zero-order chi connectivity index (χ0) is 57.9. The normalized spacial score (nSPS) is 10.5. The van der Waals surface area contributed by atoms with Gasteiger partial charge in [-0.3, -0.25) is 38.4 Å². The second-order valence-corrected chi connectivity index (χ2v) is 14.0. The van der Waals surface area contributed by atoms with Gasteiger partial charge in [0.25, 0.3) is 0 Å². The van der Waals surface area contributed by atoms with Crippen LogP contribution in [0.3, 0.4) is 0 Å². The van der Waals surface area contributed by atoms with Crippen molar-refractivity contribution in [2.75, 3.05) is 159 Å². The van der Waals surface area contributed by atoms with E-state index >= 15 is 0 Å². The average Bonchev–Trinajstić information content (AvgIpc) is 3.33. The fourth-order valence-electron chi connectivity index (χ4n) is 3.84. The summed E-state index contributed by atoms with van der Waals surface area (Å²) in [6, 6.07) is -0.242. The lowest BCUT2D eigenvalue weighted by atomic mass is 10.4. The predicted molar refractivity (Wildman–Crippen MR) is 261 cm³/mol. The first-order valence-electron chi connectivity index (χ1n) is 23.5. The summed E-state index contributed by atoms with van der Waals surface area (Å²) in [5, 5.41) is 7.39. The van der Waals surface area contributed by atoms with Crippen LogP contribution in [0, 0.1) is 0 Å². The molecule has 0 saturated heterocycles. The fraction of sp³-hybridized carbons (Fsp3) is 0.783. The number of alkyl carbamates (subject to hydrolysis) is 1. The van der Waals surface area contributed by atoms with E-state index in [0.29, 0.717) is 99.0 Å². The third kappa shape index (κ3) is 88.1. The van der Waals surface area contributed by atoms with Gasteiger partial charge in [0, 0.05) is 75.5 Å². The molecule has 2 atom stereocenters. The van der Waals surface area contributed by atoms with Crippen LogP contribution in [0.1, 0.15) is 69.2 Å². The maximum Gasteiger partial charge on any atom is 0.406 e. The molecule has 0 aromatic rings. The lowest BCUT2D eigenvalue weighted by molar-refractivity contribution is -0.152. The van der Waals surface area contributed by atoms with Gasteiger partial charge in [-0.1, -0.05) is 0 Å². The number of rotatable bonds is 36. The molecule has 0 aliphatic rings. The highest BCUT2D eigenvalue weighted by atomic mass is 16.6.